The van der Waals surface area contributed by atoms with E-state index in [0.29, 0.717) is 18.7 Å². The lowest BCUT2D eigenvalue weighted by atomic mass is 10.1. The molecule has 1 aromatic carbocycles. The molecule has 1 fully saturated rings. The van der Waals surface area contributed by atoms with Crippen molar-refractivity contribution < 1.29 is 9.59 Å². The van der Waals surface area contributed by atoms with Crippen molar-refractivity contribution in [2.75, 3.05) is 30.0 Å². The monoisotopic (exact) mass is 343 g/mol. The molecule has 0 radical (unpaired) electrons. The summed E-state index contributed by atoms with van der Waals surface area (Å²) >= 11 is 1.71. The zero-order valence-electron chi connectivity index (χ0n) is 12.8. The molecule has 0 spiro atoms. The molecule has 1 saturated heterocycles. The van der Waals surface area contributed by atoms with Gasteiger partial charge in [0.2, 0.25) is 5.91 Å². The highest BCUT2D eigenvalue weighted by molar-refractivity contribution is 7.99. The van der Waals surface area contributed by atoms with E-state index >= 15 is 0 Å². The smallest absolute Gasteiger partial charge is 0.253 e. The minimum absolute atomic E-state index is 0. The largest absolute Gasteiger partial charge is 0.339 e. The summed E-state index contributed by atoms with van der Waals surface area (Å²) in [6.45, 7) is 5.31. The molecule has 1 aliphatic heterocycles. The van der Waals surface area contributed by atoms with Crippen molar-refractivity contribution in [3.63, 3.8) is 0 Å². The Morgan fingerprint density at radius 1 is 1.27 bits per heavy atom. The summed E-state index contributed by atoms with van der Waals surface area (Å²) in [7, 11) is 0. The van der Waals surface area contributed by atoms with Crippen LogP contribution >= 0.6 is 24.2 Å². The molecule has 0 bridgehead atoms. The van der Waals surface area contributed by atoms with Gasteiger partial charge in [0.15, 0.2) is 0 Å². The number of carbonyl (C=O) groups excluding carboxylic acids is 2. The van der Waals surface area contributed by atoms with Crippen molar-refractivity contribution in [1.82, 2.24) is 10.2 Å². The van der Waals surface area contributed by atoms with Crippen LogP contribution in [0.3, 0.4) is 0 Å². The molecule has 1 atom stereocenters. The number of nitrogens with one attached hydrogen (secondary N) is 2. The number of amides is 2. The number of thioether (sulfide) groups is 1. The molecular formula is C15H22ClN3O2S. The Kier molecular flexibility index (Phi) is 7.72. The van der Waals surface area contributed by atoms with Gasteiger partial charge < -0.3 is 10.2 Å². The Morgan fingerprint density at radius 2 is 1.91 bits per heavy atom. The normalized spacial score (nSPS) is 16.7. The molecule has 7 heteroatoms. The predicted octanol–water partition coefficient (Wildman–Crippen LogP) is 2.19. The van der Waals surface area contributed by atoms with E-state index in [1.807, 2.05) is 13.8 Å². The molecule has 2 N–H and O–H groups in total. The number of nitrogens with zero attached hydrogens (tertiary/aromatic N) is 1. The first-order valence-corrected chi connectivity index (χ1v) is 8.32. The van der Waals surface area contributed by atoms with E-state index in [0.717, 1.165) is 17.3 Å². The van der Waals surface area contributed by atoms with Gasteiger partial charge >= 0.3 is 0 Å². The second-order valence-corrected chi connectivity index (χ2v) is 5.85. The summed E-state index contributed by atoms with van der Waals surface area (Å²) in [6, 6.07) is 6.93. The summed E-state index contributed by atoms with van der Waals surface area (Å²) in [5, 5.41) is 5.99. The van der Waals surface area contributed by atoms with E-state index < -0.39 is 0 Å². The first-order valence-electron chi connectivity index (χ1n) is 7.17. The molecule has 122 valence electrons. The average Bonchev–Trinajstić information content (AvgIpc) is 3.03. The average molecular weight is 344 g/mol. The zero-order chi connectivity index (χ0) is 15.2. The molecule has 1 aliphatic rings. The fourth-order valence-corrected chi connectivity index (χ4v) is 3.12. The minimum Gasteiger partial charge on any atom is -0.339 e. The van der Waals surface area contributed by atoms with Crippen molar-refractivity contribution in [2.24, 2.45) is 0 Å². The van der Waals surface area contributed by atoms with Crippen molar-refractivity contribution in [3.05, 3.63) is 29.8 Å². The highest BCUT2D eigenvalue weighted by Gasteiger charge is 2.22. The van der Waals surface area contributed by atoms with E-state index in [-0.39, 0.29) is 30.3 Å². The van der Waals surface area contributed by atoms with Crippen LogP contribution in [0, 0.1) is 0 Å². The summed E-state index contributed by atoms with van der Waals surface area (Å²) in [5.41, 5.74) is 1.36. The second-order valence-electron chi connectivity index (χ2n) is 4.82. The lowest BCUT2D eigenvalue weighted by Crippen LogP contribution is -2.37. The standard InChI is InChI=1S/C15H21N3O2S.ClH/c1-3-18(4-2)15(20)11-5-7-12(8-6-11)17-14(19)13-9-21-10-16-13;/h5-8,13,16H,3-4,9-10H2,1-2H3,(H,17,19);1H. The quantitative estimate of drug-likeness (QED) is 0.860. The number of hydrogen-bond acceptors (Lipinski definition) is 4. The Morgan fingerprint density at radius 3 is 2.41 bits per heavy atom. The van der Waals surface area contributed by atoms with Gasteiger partial charge in [0.05, 0.1) is 6.04 Å². The Bertz CT molecular complexity index is 500. The van der Waals surface area contributed by atoms with E-state index in [2.05, 4.69) is 10.6 Å². The van der Waals surface area contributed by atoms with Gasteiger partial charge in [-0.25, -0.2) is 0 Å². The van der Waals surface area contributed by atoms with Gasteiger partial charge in [0.25, 0.3) is 5.91 Å². The van der Waals surface area contributed by atoms with Gasteiger partial charge in [-0.05, 0) is 38.1 Å². The van der Waals surface area contributed by atoms with Crippen molar-refractivity contribution in [2.45, 2.75) is 19.9 Å². The third-order valence-corrected chi connectivity index (χ3v) is 4.42. The maximum atomic E-state index is 12.2. The number of rotatable bonds is 5. The summed E-state index contributed by atoms with van der Waals surface area (Å²) in [4.78, 5) is 25.9. The third kappa shape index (κ3) is 4.63. The maximum absolute atomic E-state index is 12.2. The predicted molar refractivity (Wildman–Crippen MR) is 93.8 cm³/mol. The van der Waals surface area contributed by atoms with E-state index in [9.17, 15) is 9.59 Å². The molecular weight excluding hydrogens is 322 g/mol. The molecule has 0 aromatic heterocycles. The molecule has 22 heavy (non-hydrogen) atoms. The number of anilines is 1. The van der Waals surface area contributed by atoms with Crippen LogP contribution in [-0.2, 0) is 4.79 Å². The molecule has 1 heterocycles. The Hall–Kier alpha value is -1.24. The summed E-state index contributed by atoms with van der Waals surface area (Å²) in [5.74, 6) is 1.61. The number of carbonyl (C=O) groups is 2. The lowest BCUT2D eigenvalue weighted by molar-refractivity contribution is -0.117. The fourth-order valence-electron chi connectivity index (χ4n) is 2.18. The van der Waals surface area contributed by atoms with Gasteiger partial charge in [0.1, 0.15) is 0 Å². The zero-order valence-corrected chi connectivity index (χ0v) is 14.4. The fraction of sp³-hybridized carbons (Fsp3) is 0.467. The van der Waals surface area contributed by atoms with E-state index in [1.165, 1.54) is 0 Å². The molecule has 2 rings (SSSR count). The number of hydrogen-bond donors (Lipinski definition) is 2. The van der Waals surface area contributed by atoms with E-state index in [1.54, 1.807) is 40.9 Å². The first kappa shape index (κ1) is 18.8. The van der Waals surface area contributed by atoms with Crippen molar-refractivity contribution >= 4 is 41.7 Å². The van der Waals surface area contributed by atoms with Crippen LogP contribution in [0.2, 0.25) is 0 Å². The lowest BCUT2D eigenvalue weighted by Gasteiger charge is -2.18. The molecule has 1 unspecified atom stereocenters. The van der Waals surface area contributed by atoms with Gasteiger partial charge in [0, 0.05) is 36.0 Å². The number of benzene rings is 1. The van der Waals surface area contributed by atoms with Crippen LogP contribution in [0.25, 0.3) is 0 Å². The Balaban J connectivity index is 0.00000242. The second kappa shape index (κ2) is 9.02. The maximum Gasteiger partial charge on any atom is 0.253 e. The van der Waals surface area contributed by atoms with Crippen LogP contribution in [0.1, 0.15) is 24.2 Å². The van der Waals surface area contributed by atoms with Gasteiger partial charge in [-0.1, -0.05) is 0 Å². The SMILES string of the molecule is CCN(CC)C(=O)c1ccc(NC(=O)C2CSCN2)cc1.Cl. The van der Waals surface area contributed by atoms with Crippen molar-refractivity contribution in [1.29, 1.82) is 0 Å². The van der Waals surface area contributed by atoms with Crippen LogP contribution in [0.15, 0.2) is 24.3 Å². The van der Waals surface area contributed by atoms with Gasteiger partial charge in [-0.3, -0.25) is 14.9 Å². The topological polar surface area (TPSA) is 61.4 Å². The Labute approximate surface area is 141 Å². The first-order chi connectivity index (χ1) is 10.2. The van der Waals surface area contributed by atoms with Crippen molar-refractivity contribution in [3.8, 4) is 0 Å². The molecule has 0 aliphatic carbocycles. The molecule has 5 nitrogen and oxygen atoms in total. The summed E-state index contributed by atoms with van der Waals surface area (Å²) < 4.78 is 0. The highest BCUT2D eigenvalue weighted by atomic mass is 35.5. The third-order valence-electron chi connectivity index (χ3n) is 3.48. The van der Waals surface area contributed by atoms with Crippen LogP contribution in [0.5, 0.6) is 0 Å². The van der Waals surface area contributed by atoms with Gasteiger partial charge in [-0.2, -0.15) is 0 Å². The molecule has 1 aromatic rings. The molecule has 0 saturated carbocycles. The minimum atomic E-state index is -0.132. The molecule has 2 amide bonds. The highest BCUT2D eigenvalue weighted by Crippen LogP contribution is 2.14. The number of halogens is 1. The van der Waals surface area contributed by atoms with Crippen LogP contribution < -0.4 is 10.6 Å². The summed E-state index contributed by atoms with van der Waals surface area (Å²) in [6.07, 6.45) is 0. The van der Waals surface area contributed by atoms with Crippen LogP contribution in [0.4, 0.5) is 5.69 Å². The van der Waals surface area contributed by atoms with Gasteiger partial charge in [-0.15, -0.1) is 24.2 Å². The van der Waals surface area contributed by atoms with Crippen LogP contribution in [-0.4, -0.2) is 47.5 Å². The van der Waals surface area contributed by atoms with E-state index in [4.69, 9.17) is 0 Å².